The van der Waals surface area contributed by atoms with Gasteiger partial charge in [0.1, 0.15) is 12.2 Å². The summed E-state index contributed by atoms with van der Waals surface area (Å²) < 4.78 is 22.8. The highest BCUT2D eigenvalue weighted by Gasteiger charge is 2.31. The molecule has 0 spiro atoms. The number of carbonyl (C=O) groups excluding carboxylic acids is 2. The Morgan fingerprint density at radius 2 is 1.97 bits per heavy atom. The Balaban J connectivity index is 1.55. The van der Waals surface area contributed by atoms with Gasteiger partial charge in [-0.15, -0.1) is 0 Å². The van der Waals surface area contributed by atoms with Gasteiger partial charge in [0.2, 0.25) is 0 Å². The van der Waals surface area contributed by atoms with Crippen molar-refractivity contribution in [2.45, 2.75) is 64.4 Å². The first-order valence-electron chi connectivity index (χ1n) is 10.9. The van der Waals surface area contributed by atoms with Gasteiger partial charge in [-0.3, -0.25) is 9.59 Å². The van der Waals surface area contributed by atoms with Crippen molar-refractivity contribution < 1.29 is 28.5 Å². The van der Waals surface area contributed by atoms with Crippen molar-refractivity contribution in [3.8, 4) is 0 Å². The molecule has 3 unspecified atom stereocenters. The smallest absolute Gasteiger partial charge is 0.313 e. The van der Waals surface area contributed by atoms with Gasteiger partial charge < -0.3 is 18.9 Å². The Morgan fingerprint density at radius 3 is 2.70 bits per heavy atom. The molecule has 1 aliphatic carbocycles. The fourth-order valence-electron chi connectivity index (χ4n) is 3.93. The second-order valence-electron chi connectivity index (χ2n) is 7.86. The molecule has 164 valence electrons. The number of benzene rings is 1. The molecular formula is C24H32O6. The van der Waals surface area contributed by atoms with E-state index in [9.17, 15) is 9.59 Å². The lowest BCUT2D eigenvalue weighted by atomic mass is 10.00. The monoisotopic (exact) mass is 416 g/mol. The van der Waals surface area contributed by atoms with Gasteiger partial charge in [0.15, 0.2) is 6.29 Å². The van der Waals surface area contributed by atoms with Crippen molar-refractivity contribution in [1.82, 2.24) is 0 Å². The lowest BCUT2D eigenvalue weighted by Crippen LogP contribution is -2.29. The van der Waals surface area contributed by atoms with Gasteiger partial charge in [-0.05, 0) is 49.7 Å². The number of carbonyl (C=O) groups is 2. The van der Waals surface area contributed by atoms with E-state index in [0.29, 0.717) is 26.1 Å². The first-order valence-corrected chi connectivity index (χ1v) is 10.9. The molecule has 0 N–H and O–H groups in total. The van der Waals surface area contributed by atoms with Crippen LogP contribution in [0.3, 0.4) is 0 Å². The number of ketones is 1. The third kappa shape index (κ3) is 7.35. The number of hydrogen-bond donors (Lipinski definition) is 0. The summed E-state index contributed by atoms with van der Waals surface area (Å²) in [4.78, 5) is 23.8. The molecule has 1 aromatic rings. The van der Waals surface area contributed by atoms with Crippen molar-refractivity contribution in [3.05, 3.63) is 47.5 Å². The quantitative estimate of drug-likeness (QED) is 0.309. The number of Topliss-reactive ketones (excluding diaryl/α,β-unsaturated/α-hetero) is 1. The van der Waals surface area contributed by atoms with E-state index in [-0.39, 0.29) is 37.1 Å². The number of esters is 1. The van der Waals surface area contributed by atoms with E-state index in [2.05, 4.69) is 6.08 Å². The fourth-order valence-corrected chi connectivity index (χ4v) is 3.93. The highest BCUT2D eigenvalue weighted by molar-refractivity contribution is 5.95. The lowest BCUT2D eigenvalue weighted by Gasteiger charge is -2.27. The van der Waals surface area contributed by atoms with Crippen LogP contribution in [0.4, 0.5) is 0 Å². The molecule has 0 radical (unpaired) electrons. The molecule has 3 rings (SSSR count). The SMILES string of the molecule is CCOC(=O)CC(=O)CC1C=C(COCc2ccccc2)C(OC2CCCCO2)C1. The molecule has 3 atom stereocenters. The molecule has 0 aromatic heterocycles. The van der Waals surface area contributed by atoms with E-state index >= 15 is 0 Å². The molecule has 1 aromatic carbocycles. The van der Waals surface area contributed by atoms with Crippen LogP contribution in [0.5, 0.6) is 0 Å². The predicted octanol–water partition coefficient (Wildman–Crippen LogP) is 3.97. The van der Waals surface area contributed by atoms with Gasteiger partial charge in [0, 0.05) is 13.0 Å². The lowest BCUT2D eigenvalue weighted by molar-refractivity contribution is -0.182. The van der Waals surface area contributed by atoms with Gasteiger partial charge in [-0.1, -0.05) is 36.4 Å². The Bertz CT molecular complexity index is 708. The van der Waals surface area contributed by atoms with Crippen LogP contribution in [0.25, 0.3) is 0 Å². The Kier molecular flexibility index (Phi) is 9.05. The Hall–Kier alpha value is -2.02. The average Bonchev–Trinajstić information content (AvgIpc) is 3.10. The maximum absolute atomic E-state index is 12.3. The summed E-state index contributed by atoms with van der Waals surface area (Å²) >= 11 is 0. The van der Waals surface area contributed by atoms with Crippen LogP contribution in [0.1, 0.15) is 51.0 Å². The normalized spacial score (nSPS) is 23.8. The van der Waals surface area contributed by atoms with E-state index < -0.39 is 5.97 Å². The van der Waals surface area contributed by atoms with E-state index in [1.807, 2.05) is 30.3 Å². The van der Waals surface area contributed by atoms with Gasteiger partial charge >= 0.3 is 5.97 Å². The molecular weight excluding hydrogens is 384 g/mol. The highest BCUT2D eigenvalue weighted by atomic mass is 16.7. The van der Waals surface area contributed by atoms with E-state index in [1.54, 1.807) is 6.92 Å². The molecule has 1 saturated heterocycles. The van der Waals surface area contributed by atoms with Crippen LogP contribution in [0.2, 0.25) is 0 Å². The van der Waals surface area contributed by atoms with Gasteiger partial charge in [-0.25, -0.2) is 0 Å². The summed E-state index contributed by atoms with van der Waals surface area (Å²) in [5.74, 6) is -0.524. The second kappa shape index (κ2) is 12.0. The van der Waals surface area contributed by atoms with E-state index in [0.717, 1.165) is 37.0 Å². The minimum absolute atomic E-state index is 0.0378. The topological polar surface area (TPSA) is 71.1 Å². The average molecular weight is 417 g/mol. The summed E-state index contributed by atoms with van der Waals surface area (Å²) in [6.45, 7) is 3.73. The molecule has 2 aliphatic rings. The molecule has 6 nitrogen and oxygen atoms in total. The number of hydrogen-bond acceptors (Lipinski definition) is 6. The zero-order valence-corrected chi connectivity index (χ0v) is 17.7. The number of allylic oxidation sites excluding steroid dienone is 1. The maximum Gasteiger partial charge on any atom is 0.313 e. The minimum Gasteiger partial charge on any atom is -0.466 e. The van der Waals surface area contributed by atoms with Crippen molar-refractivity contribution in [2.75, 3.05) is 19.8 Å². The first kappa shape index (κ1) is 22.7. The summed E-state index contributed by atoms with van der Waals surface area (Å²) in [6, 6.07) is 10.0. The molecule has 6 heteroatoms. The number of ether oxygens (including phenoxy) is 4. The Morgan fingerprint density at radius 1 is 1.13 bits per heavy atom. The zero-order valence-electron chi connectivity index (χ0n) is 17.7. The van der Waals surface area contributed by atoms with Crippen LogP contribution < -0.4 is 0 Å². The van der Waals surface area contributed by atoms with Crippen molar-refractivity contribution in [3.63, 3.8) is 0 Å². The molecule has 30 heavy (non-hydrogen) atoms. The predicted molar refractivity (Wildman–Crippen MR) is 112 cm³/mol. The van der Waals surface area contributed by atoms with Crippen molar-refractivity contribution >= 4 is 11.8 Å². The molecule has 1 fully saturated rings. The molecule has 0 amide bonds. The zero-order chi connectivity index (χ0) is 21.2. The number of rotatable bonds is 11. The standard InChI is InChI=1S/C24H32O6/c1-2-28-23(26)15-21(25)13-19-12-20(17-27-16-18-8-4-3-5-9-18)22(14-19)30-24-10-6-7-11-29-24/h3-5,8-9,12,19,22,24H,2,6-7,10-11,13-17H2,1H3. The van der Waals surface area contributed by atoms with Crippen molar-refractivity contribution in [1.29, 1.82) is 0 Å². The van der Waals surface area contributed by atoms with Gasteiger partial charge in [0.05, 0.1) is 25.9 Å². The van der Waals surface area contributed by atoms with Crippen LogP contribution >= 0.6 is 0 Å². The second-order valence-corrected chi connectivity index (χ2v) is 7.86. The van der Waals surface area contributed by atoms with E-state index in [1.165, 1.54) is 0 Å². The Labute approximate surface area is 178 Å². The third-order valence-corrected chi connectivity index (χ3v) is 5.35. The molecule has 1 aliphatic heterocycles. The summed E-state index contributed by atoms with van der Waals surface area (Å²) in [7, 11) is 0. The highest BCUT2D eigenvalue weighted by Crippen LogP contribution is 2.32. The van der Waals surface area contributed by atoms with Gasteiger partial charge in [-0.2, -0.15) is 0 Å². The molecule has 0 saturated carbocycles. The molecule has 1 heterocycles. The summed E-state index contributed by atoms with van der Waals surface area (Å²) in [5.41, 5.74) is 2.17. The fraction of sp³-hybridized carbons (Fsp3) is 0.583. The van der Waals surface area contributed by atoms with E-state index in [4.69, 9.17) is 18.9 Å². The van der Waals surface area contributed by atoms with Crippen LogP contribution in [0.15, 0.2) is 42.0 Å². The summed E-state index contributed by atoms with van der Waals surface area (Å²) in [5, 5.41) is 0. The molecule has 0 bridgehead atoms. The van der Waals surface area contributed by atoms with Crippen LogP contribution in [0, 0.1) is 5.92 Å². The van der Waals surface area contributed by atoms with Gasteiger partial charge in [0.25, 0.3) is 0 Å². The van der Waals surface area contributed by atoms with Crippen LogP contribution in [-0.4, -0.2) is 44.0 Å². The van der Waals surface area contributed by atoms with Crippen molar-refractivity contribution in [2.24, 2.45) is 5.92 Å². The first-order chi connectivity index (χ1) is 14.6. The maximum atomic E-state index is 12.3. The summed E-state index contributed by atoms with van der Waals surface area (Å²) in [6.07, 6.45) is 5.67. The third-order valence-electron chi connectivity index (χ3n) is 5.35. The van der Waals surface area contributed by atoms with Crippen LogP contribution in [-0.2, 0) is 35.1 Å². The minimum atomic E-state index is -0.459. The largest absolute Gasteiger partial charge is 0.466 e.